The highest BCUT2D eigenvalue weighted by Crippen LogP contribution is 2.36. The van der Waals surface area contributed by atoms with Crippen LogP contribution in [0.5, 0.6) is 0 Å². The Labute approximate surface area is 148 Å². The molecule has 2 heterocycles. The van der Waals surface area contributed by atoms with Crippen LogP contribution >= 0.6 is 0 Å². The van der Waals surface area contributed by atoms with E-state index in [2.05, 4.69) is 0 Å². The van der Waals surface area contributed by atoms with E-state index in [9.17, 15) is 13.9 Å². The number of alkyl halides is 2. The molecule has 1 unspecified atom stereocenters. The summed E-state index contributed by atoms with van der Waals surface area (Å²) >= 11 is 0. The highest BCUT2D eigenvalue weighted by Gasteiger charge is 2.51. The number of nitrogens with zero attached hydrogens (tertiary/aromatic N) is 1. The molecule has 3 rings (SSSR count). The van der Waals surface area contributed by atoms with Gasteiger partial charge in [0.1, 0.15) is 6.23 Å². The van der Waals surface area contributed by atoms with Crippen molar-refractivity contribution in [2.24, 2.45) is 0 Å². The van der Waals surface area contributed by atoms with E-state index in [1.54, 1.807) is 17.0 Å². The summed E-state index contributed by atoms with van der Waals surface area (Å²) in [6.45, 7) is 8.36. The van der Waals surface area contributed by atoms with Crippen molar-refractivity contribution in [3.63, 3.8) is 0 Å². The number of likely N-dealkylation sites (tertiary alicyclic amines) is 1. The number of rotatable bonds is 3. The van der Waals surface area contributed by atoms with Gasteiger partial charge in [-0.3, -0.25) is 4.90 Å². The van der Waals surface area contributed by atoms with Gasteiger partial charge in [0.15, 0.2) is 0 Å². The summed E-state index contributed by atoms with van der Waals surface area (Å²) in [5.74, 6) is -2.61. The third-order valence-corrected chi connectivity index (χ3v) is 5.64. The predicted octanol–water partition coefficient (Wildman–Crippen LogP) is 2.71. The third-order valence-electron chi connectivity index (χ3n) is 5.64. The lowest BCUT2D eigenvalue weighted by atomic mass is 9.79. The van der Waals surface area contributed by atoms with Crippen molar-refractivity contribution in [3.8, 4) is 0 Å². The molecule has 0 aromatic heterocycles. The molecule has 7 heteroatoms. The molecule has 2 aliphatic heterocycles. The fraction of sp³-hybridized carbons (Fsp3) is 0.667. The Balaban J connectivity index is 1.67. The minimum Gasteiger partial charge on any atom is -0.399 e. The van der Waals surface area contributed by atoms with Gasteiger partial charge in [0.05, 0.1) is 11.2 Å². The second-order valence-corrected chi connectivity index (χ2v) is 8.02. The zero-order valence-electron chi connectivity index (χ0n) is 15.3. The molecule has 2 fully saturated rings. The molecule has 1 aromatic rings. The number of benzene rings is 1. The van der Waals surface area contributed by atoms with E-state index in [0.717, 1.165) is 5.46 Å². The maximum Gasteiger partial charge on any atom is 0.494 e. The zero-order valence-corrected chi connectivity index (χ0v) is 15.3. The summed E-state index contributed by atoms with van der Waals surface area (Å²) in [5.41, 5.74) is 0.745. The Morgan fingerprint density at radius 2 is 1.48 bits per heavy atom. The topological polar surface area (TPSA) is 41.9 Å². The van der Waals surface area contributed by atoms with Gasteiger partial charge >= 0.3 is 7.12 Å². The SMILES string of the molecule is CC1(C)OB(c2ccc(C(O)N3CCC(F)(F)CC3)cc2)OC1(C)C. The van der Waals surface area contributed by atoms with Gasteiger partial charge in [0.2, 0.25) is 0 Å². The lowest BCUT2D eigenvalue weighted by molar-refractivity contribution is -0.0961. The lowest BCUT2D eigenvalue weighted by Gasteiger charge is -2.35. The van der Waals surface area contributed by atoms with Gasteiger partial charge in [-0.15, -0.1) is 0 Å². The zero-order chi connectivity index (χ0) is 18.5. The van der Waals surface area contributed by atoms with Gasteiger partial charge in [0, 0.05) is 25.9 Å². The van der Waals surface area contributed by atoms with Crippen LogP contribution in [-0.4, -0.2) is 47.3 Å². The fourth-order valence-electron chi connectivity index (χ4n) is 3.11. The van der Waals surface area contributed by atoms with Crippen LogP contribution < -0.4 is 5.46 Å². The maximum absolute atomic E-state index is 13.3. The number of halogens is 2. The molecule has 25 heavy (non-hydrogen) atoms. The molecule has 2 saturated heterocycles. The van der Waals surface area contributed by atoms with Crippen LogP contribution in [-0.2, 0) is 9.31 Å². The molecule has 138 valence electrons. The second kappa shape index (κ2) is 6.30. The summed E-state index contributed by atoms with van der Waals surface area (Å²) in [6.07, 6.45) is -1.30. The van der Waals surface area contributed by atoms with Gasteiger partial charge in [-0.2, -0.15) is 0 Å². The minimum absolute atomic E-state index is 0.188. The van der Waals surface area contributed by atoms with E-state index in [1.165, 1.54) is 0 Å². The molecule has 0 aliphatic carbocycles. The van der Waals surface area contributed by atoms with E-state index in [1.807, 2.05) is 39.8 Å². The van der Waals surface area contributed by atoms with Crippen molar-refractivity contribution in [3.05, 3.63) is 29.8 Å². The Kier molecular flexibility index (Phi) is 4.73. The van der Waals surface area contributed by atoms with Crippen molar-refractivity contribution in [1.82, 2.24) is 4.90 Å². The standard InChI is InChI=1S/C18H26BF2NO3/c1-16(2)17(3,4)25-19(24-16)14-7-5-13(6-8-14)15(23)22-11-9-18(20,21)10-12-22/h5-8,15,23H,9-12H2,1-4H3. The van der Waals surface area contributed by atoms with Crippen LogP contribution in [0.1, 0.15) is 52.3 Å². The van der Waals surface area contributed by atoms with Gasteiger partial charge in [-0.05, 0) is 38.7 Å². The molecule has 0 spiro atoms. The molecule has 0 amide bonds. The van der Waals surface area contributed by atoms with E-state index < -0.39 is 30.5 Å². The molecular formula is C18H26BF2NO3. The minimum atomic E-state index is -2.61. The monoisotopic (exact) mass is 353 g/mol. The lowest BCUT2D eigenvalue weighted by Crippen LogP contribution is -2.41. The normalized spacial score (nSPS) is 26.6. The molecule has 0 saturated carbocycles. The van der Waals surface area contributed by atoms with Crippen molar-refractivity contribution >= 4 is 12.6 Å². The van der Waals surface area contributed by atoms with Crippen molar-refractivity contribution < 1.29 is 23.2 Å². The van der Waals surface area contributed by atoms with Crippen LogP contribution in [0.15, 0.2) is 24.3 Å². The highest BCUT2D eigenvalue weighted by atomic mass is 19.3. The fourth-order valence-corrected chi connectivity index (χ4v) is 3.11. The maximum atomic E-state index is 13.3. The van der Waals surface area contributed by atoms with E-state index in [0.29, 0.717) is 5.56 Å². The Morgan fingerprint density at radius 3 is 1.96 bits per heavy atom. The number of piperidine rings is 1. The number of hydrogen-bond acceptors (Lipinski definition) is 4. The quantitative estimate of drug-likeness (QED) is 0.849. The predicted molar refractivity (Wildman–Crippen MR) is 92.9 cm³/mol. The first-order valence-electron chi connectivity index (χ1n) is 8.76. The van der Waals surface area contributed by atoms with Crippen LogP contribution in [0.25, 0.3) is 0 Å². The number of hydrogen-bond donors (Lipinski definition) is 1. The van der Waals surface area contributed by atoms with Gasteiger partial charge < -0.3 is 14.4 Å². The van der Waals surface area contributed by atoms with Crippen LogP contribution in [0.4, 0.5) is 8.78 Å². The van der Waals surface area contributed by atoms with E-state index >= 15 is 0 Å². The van der Waals surface area contributed by atoms with Gasteiger partial charge in [0.25, 0.3) is 5.92 Å². The number of aliphatic hydroxyl groups excluding tert-OH is 1. The van der Waals surface area contributed by atoms with Gasteiger partial charge in [-0.25, -0.2) is 8.78 Å². The Morgan fingerprint density at radius 1 is 1.00 bits per heavy atom. The van der Waals surface area contributed by atoms with Crippen molar-refractivity contribution in [1.29, 1.82) is 0 Å². The molecular weight excluding hydrogens is 327 g/mol. The highest BCUT2D eigenvalue weighted by molar-refractivity contribution is 6.62. The molecule has 1 aromatic carbocycles. The molecule has 4 nitrogen and oxygen atoms in total. The summed E-state index contributed by atoms with van der Waals surface area (Å²) in [4.78, 5) is 1.68. The molecule has 1 atom stereocenters. The van der Waals surface area contributed by atoms with Crippen molar-refractivity contribution in [2.75, 3.05) is 13.1 Å². The largest absolute Gasteiger partial charge is 0.494 e. The Bertz CT molecular complexity index is 595. The first kappa shape index (κ1) is 18.8. The van der Waals surface area contributed by atoms with Crippen LogP contribution in [0, 0.1) is 0 Å². The smallest absolute Gasteiger partial charge is 0.399 e. The van der Waals surface area contributed by atoms with E-state index in [4.69, 9.17) is 9.31 Å². The van der Waals surface area contributed by atoms with Crippen LogP contribution in [0.3, 0.4) is 0 Å². The van der Waals surface area contributed by atoms with Crippen LogP contribution in [0.2, 0.25) is 0 Å². The summed E-state index contributed by atoms with van der Waals surface area (Å²) < 4.78 is 38.5. The molecule has 1 N–H and O–H groups in total. The second-order valence-electron chi connectivity index (χ2n) is 8.02. The molecule has 0 bridgehead atoms. The van der Waals surface area contributed by atoms with E-state index in [-0.39, 0.29) is 25.9 Å². The average molecular weight is 353 g/mol. The average Bonchev–Trinajstić information content (AvgIpc) is 2.75. The summed E-state index contributed by atoms with van der Waals surface area (Å²) in [7, 11) is -0.454. The Hall–Kier alpha value is -1.02. The van der Waals surface area contributed by atoms with Gasteiger partial charge in [-0.1, -0.05) is 24.3 Å². The molecule has 0 radical (unpaired) electrons. The third kappa shape index (κ3) is 3.75. The first-order valence-corrected chi connectivity index (χ1v) is 8.76. The first-order chi connectivity index (χ1) is 11.5. The summed E-state index contributed by atoms with van der Waals surface area (Å²) in [6, 6.07) is 7.33. The summed E-state index contributed by atoms with van der Waals surface area (Å²) in [5, 5.41) is 10.5. The van der Waals surface area contributed by atoms with Crippen molar-refractivity contribution in [2.45, 2.75) is 63.9 Å². The number of aliphatic hydroxyl groups is 1. The molecule has 2 aliphatic rings.